The molecule has 0 spiro atoms. The first kappa shape index (κ1) is 20.3. The molecular weight excluding hydrogens is 392 g/mol. The van der Waals surface area contributed by atoms with E-state index in [0.29, 0.717) is 23.8 Å². The first-order valence-electron chi connectivity index (χ1n) is 10.0. The van der Waals surface area contributed by atoms with Gasteiger partial charge in [-0.15, -0.1) is 10.2 Å². The van der Waals surface area contributed by atoms with Crippen molar-refractivity contribution in [3.05, 3.63) is 77.7 Å². The summed E-state index contributed by atoms with van der Waals surface area (Å²) in [7, 11) is 0. The largest absolute Gasteiger partial charge is 0.550 e. The first-order valence-corrected chi connectivity index (χ1v) is 10.0. The number of nitrogens with zero attached hydrogens (tertiary/aromatic N) is 2. The van der Waals surface area contributed by atoms with Crippen molar-refractivity contribution in [3.8, 4) is 17.2 Å². The fraction of sp³-hybridized carbons (Fsp3) is 0.160. The third-order valence-electron chi connectivity index (χ3n) is 4.88. The summed E-state index contributed by atoms with van der Waals surface area (Å²) >= 11 is 0. The molecule has 0 saturated carbocycles. The first-order chi connectivity index (χ1) is 15.0. The van der Waals surface area contributed by atoms with Gasteiger partial charge in [0.05, 0.1) is 6.61 Å². The van der Waals surface area contributed by atoms with Crippen LogP contribution in [0.5, 0.6) is 5.75 Å². The van der Waals surface area contributed by atoms with Gasteiger partial charge in [0.2, 0.25) is 11.8 Å². The molecule has 31 heavy (non-hydrogen) atoms. The molecule has 0 saturated heterocycles. The van der Waals surface area contributed by atoms with E-state index in [0.717, 1.165) is 27.5 Å². The summed E-state index contributed by atoms with van der Waals surface area (Å²) in [6.07, 6.45) is 1.36. The Hall–Kier alpha value is -3.93. The van der Waals surface area contributed by atoms with Crippen LogP contribution in [-0.2, 0) is 4.79 Å². The van der Waals surface area contributed by atoms with E-state index in [1.807, 2.05) is 74.5 Å². The number of aryl methyl sites for hydroxylation is 1. The minimum atomic E-state index is -1.24. The average Bonchev–Trinajstić information content (AvgIpc) is 3.25. The number of carbonyl (C=O) groups is 1. The highest BCUT2D eigenvalue weighted by Gasteiger charge is 2.16. The zero-order valence-corrected chi connectivity index (χ0v) is 17.3. The smallest absolute Gasteiger partial charge is 0.248 e. The van der Waals surface area contributed by atoms with Crippen molar-refractivity contribution in [2.75, 3.05) is 6.61 Å². The van der Waals surface area contributed by atoms with Crippen molar-refractivity contribution in [2.45, 2.75) is 20.3 Å². The van der Waals surface area contributed by atoms with E-state index in [-0.39, 0.29) is 12.3 Å². The SMILES string of the molecule is CCOc1ccc2ccccc2c1/C=C(\CC(=O)[O-])c1nnc(-c2ccc(C)cc2)o1. The monoisotopic (exact) mass is 413 g/mol. The second-order valence-corrected chi connectivity index (χ2v) is 7.13. The van der Waals surface area contributed by atoms with Gasteiger partial charge in [-0.25, -0.2) is 0 Å². The quantitative estimate of drug-likeness (QED) is 0.449. The fourth-order valence-electron chi connectivity index (χ4n) is 3.39. The average molecular weight is 413 g/mol. The minimum absolute atomic E-state index is 0.134. The molecule has 1 aromatic heterocycles. The molecule has 0 aliphatic carbocycles. The Morgan fingerprint density at radius 1 is 1.06 bits per heavy atom. The van der Waals surface area contributed by atoms with Gasteiger partial charge in [0.25, 0.3) is 0 Å². The molecule has 0 unspecified atom stereocenters. The molecule has 0 fully saturated rings. The fourth-order valence-corrected chi connectivity index (χ4v) is 3.39. The number of carbonyl (C=O) groups excluding carboxylic acids is 1. The lowest BCUT2D eigenvalue weighted by atomic mass is 10.00. The summed E-state index contributed by atoms with van der Waals surface area (Å²) in [6, 6.07) is 19.3. The van der Waals surface area contributed by atoms with Gasteiger partial charge >= 0.3 is 0 Å². The minimum Gasteiger partial charge on any atom is -0.550 e. The van der Waals surface area contributed by atoms with Crippen molar-refractivity contribution in [3.63, 3.8) is 0 Å². The van der Waals surface area contributed by atoms with Gasteiger partial charge in [-0.3, -0.25) is 0 Å². The summed E-state index contributed by atoms with van der Waals surface area (Å²) in [5, 5.41) is 21.6. The summed E-state index contributed by atoms with van der Waals surface area (Å²) in [6.45, 7) is 4.37. The van der Waals surface area contributed by atoms with Crippen LogP contribution in [0.4, 0.5) is 0 Å². The predicted octanol–water partition coefficient (Wildman–Crippen LogP) is 4.28. The second kappa shape index (κ2) is 8.83. The topological polar surface area (TPSA) is 88.3 Å². The van der Waals surface area contributed by atoms with E-state index >= 15 is 0 Å². The van der Waals surface area contributed by atoms with Crippen molar-refractivity contribution >= 4 is 28.4 Å². The van der Waals surface area contributed by atoms with Crippen LogP contribution in [0.1, 0.15) is 30.4 Å². The summed E-state index contributed by atoms with van der Waals surface area (Å²) < 4.78 is 11.6. The molecule has 4 aromatic rings. The summed E-state index contributed by atoms with van der Waals surface area (Å²) in [4.78, 5) is 11.5. The van der Waals surface area contributed by atoms with Gasteiger partial charge in [-0.1, -0.05) is 48.0 Å². The highest BCUT2D eigenvalue weighted by atomic mass is 16.5. The number of benzene rings is 3. The van der Waals surface area contributed by atoms with Crippen molar-refractivity contribution < 1.29 is 19.1 Å². The second-order valence-electron chi connectivity index (χ2n) is 7.13. The van der Waals surface area contributed by atoms with E-state index in [1.54, 1.807) is 6.08 Å². The lowest BCUT2D eigenvalue weighted by Gasteiger charge is -2.12. The predicted molar refractivity (Wildman–Crippen MR) is 117 cm³/mol. The number of fused-ring (bicyclic) bond motifs is 1. The van der Waals surface area contributed by atoms with E-state index in [1.165, 1.54) is 0 Å². The van der Waals surface area contributed by atoms with Crippen LogP contribution < -0.4 is 9.84 Å². The number of carboxylic acid groups (broad SMARTS) is 1. The maximum absolute atomic E-state index is 11.5. The van der Waals surface area contributed by atoms with E-state index < -0.39 is 5.97 Å². The van der Waals surface area contributed by atoms with Crippen LogP contribution >= 0.6 is 0 Å². The molecule has 6 nitrogen and oxygen atoms in total. The Bertz CT molecular complexity index is 1260. The van der Waals surface area contributed by atoms with Crippen LogP contribution in [-0.4, -0.2) is 22.8 Å². The Morgan fingerprint density at radius 3 is 2.58 bits per heavy atom. The normalized spacial score (nSPS) is 11.6. The Balaban J connectivity index is 1.83. The number of hydrogen-bond donors (Lipinski definition) is 0. The van der Waals surface area contributed by atoms with E-state index in [9.17, 15) is 9.90 Å². The number of rotatable bonds is 7. The molecule has 0 amide bonds. The number of aliphatic carboxylic acids is 1. The molecule has 0 atom stereocenters. The molecule has 156 valence electrons. The summed E-state index contributed by atoms with van der Waals surface area (Å²) in [5.41, 5.74) is 2.98. The Kier molecular flexibility index (Phi) is 5.80. The zero-order chi connectivity index (χ0) is 21.8. The van der Waals surface area contributed by atoms with Gasteiger partial charge in [0, 0.05) is 29.1 Å². The van der Waals surface area contributed by atoms with Gasteiger partial charge in [0.1, 0.15) is 5.75 Å². The standard InChI is InChI=1S/C25H22N2O4/c1-3-30-22-13-12-17-6-4-5-7-20(17)21(22)14-19(15-23(28)29)25-27-26-24(31-25)18-10-8-16(2)9-11-18/h4-14H,3,15H2,1-2H3,(H,28,29)/p-1/b19-14+. The van der Waals surface area contributed by atoms with Crippen LogP contribution in [0.3, 0.4) is 0 Å². The van der Waals surface area contributed by atoms with E-state index in [2.05, 4.69) is 10.2 Å². The van der Waals surface area contributed by atoms with Gasteiger partial charge < -0.3 is 19.1 Å². The molecule has 0 bridgehead atoms. The summed E-state index contributed by atoms with van der Waals surface area (Å²) in [5.74, 6) is -0.132. The third-order valence-corrected chi connectivity index (χ3v) is 4.88. The molecule has 0 N–H and O–H groups in total. The molecule has 6 heteroatoms. The van der Waals surface area contributed by atoms with Crippen LogP contribution in [0.25, 0.3) is 33.9 Å². The van der Waals surface area contributed by atoms with Gasteiger partial charge in [0.15, 0.2) is 0 Å². The highest BCUT2D eigenvalue weighted by molar-refractivity contribution is 5.99. The zero-order valence-electron chi connectivity index (χ0n) is 17.3. The van der Waals surface area contributed by atoms with Crippen LogP contribution in [0.15, 0.2) is 65.1 Å². The van der Waals surface area contributed by atoms with Crippen molar-refractivity contribution in [2.24, 2.45) is 0 Å². The lowest BCUT2D eigenvalue weighted by molar-refractivity contribution is -0.304. The Labute approximate surface area is 179 Å². The third kappa shape index (κ3) is 4.48. The Morgan fingerprint density at radius 2 is 1.84 bits per heavy atom. The molecule has 1 heterocycles. The van der Waals surface area contributed by atoms with E-state index in [4.69, 9.17) is 9.15 Å². The number of ether oxygens (including phenoxy) is 1. The van der Waals surface area contributed by atoms with Crippen LogP contribution in [0.2, 0.25) is 0 Å². The van der Waals surface area contributed by atoms with Gasteiger partial charge in [-0.2, -0.15) is 0 Å². The maximum Gasteiger partial charge on any atom is 0.248 e. The number of hydrogen-bond acceptors (Lipinski definition) is 6. The molecule has 3 aromatic carbocycles. The maximum atomic E-state index is 11.5. The van der Waals surface area contributed by atoms with Crippen molar-refractivity contribution in [1.29, 1.82) is 0 Å². The molecule has 0 aliphatic heterocycles. The molecule has 0 radical (unpaired) electrons. The van der Waals surface area contributed by atoms with Gasteiger partial charge in [-0.05, 0) is 48.9 Å². The number of carboxylic acids is 1. The molecular formula is C25H21N2O4-. The molecule has 4 rings (SSSR count). The lowest BCUT2D eigenvalue weighted by Crippen LogP contribution is -2.22. The number of aromatic nitrogens is 2. The van der Waals surface area contributed by atoms with Crippen molar-refractivity contribution in [1.82, 2.24) is 10.2 Å². The van der Waals surface area contributed by atoms with Crippen LogP contribution in [0, 0.1) is 6.92 Å². The highest BCUT2D eigenvalue weighted by Crippen LogP contribution is 2.33. The molecule has 0 aliphatic rings.